The summed E-state index contributed by atoms with van der Waals surface area (Å²) in [6, 6.07) is 14.0. The van der Waals surface area contributed by atoms with Crippen molar-refractivity contribution in [2.24, 2.45) is 5.73 Å². The smallest absolute Gasteiger partial charge is 0.141 e. The fraction of sp³-hybridized carbons (Fsp3) is 0.188. The molecule has 0 fully saturated rings. The Morgan fingerprint density at radius 2 is 1.90 bits per heavy atom. The Balaban J connectivity index is 2.18. The van der Waals surface area contributed by atoms with Gasteiger partial charge < -0.3 is 10.3 Å². The van der Waals surface area contributed by atoms with Crippen LogP contribution in [-0.2, 0) is 13.1 Å². The van der Waals surface area contributed by atoms with E-state index in [-0.39, 0.29) is 0 Å². The number of benzene rings is 2. The van der Waals surface area contributed by atoms with E-state index in [2.05, 4.69) is 23.6 Å². The predicted molar refractivity (Wildman–Crippen MR) is 83.7 cm³/mol. The van der Waals surface area contributed by atoms with Crippen LogP contribution in [0.2, 0.25) is 5.02 Å². The van der Waals surface area contributed by atoms with E-state index in [0.717, 1.165) is 34.5 Å². The van der Waals surface area contributed by atoms with Gasteiger partial charge in [0.25, 0.3) is 0 Å². The minimum atomic E-state index is 0.556. The number of aryl methyl sites for hydroxylation is 1. The lowest BCUT2D eigenvalue weighted by Crippen LogP contribution is -1.99. The standard InChI is InChI=1S/C16H16ClN3/c1-2-20-15-8-7-13(17)9-14(15)19-16(20)12-5-3-11(10-18)4-6-12/h3-9H,2,10,18H2,1H3. The Labute approximate surface area is 123 Å². The van der Waals surface area contributed by atoms with Gasteiger partial charge in [-0.05, 0) is 30.7 Å². The number of halogens is 1. The van der Waals surface area contributed by atoms with Crippen LogP contribution in [0.3, 0.4) is 0 Å². The van der Waals surface area contributed by atoms with Gasteiger partial charge >= 0.3 is 0 Å². The second-order valence-corrected chi connectivity index (χ2v) is 5.15. The van der Waals surface area contributed by atoms with Crippen molar-refractivity contribution in [1.82, 2.24) is 9.55 Å². The van der Waals surface area contributed by atoms with Crippen LogP contribution in [0, 0.1) is 0 Å². The molecule has 0 aliphatic carbocycles. The van der Waals surface area contributed by atoms with E-state index in [4.69, 9.17) is 22.3 Å². The Kier molecular flexibility index (Phi) is 3.47. The first-order valence-electron chi connectivity index (χ1n) is 6.68. The monoisotopic (exact) mass is 285 g/mol. The first-order chi connectivity index (χ1) is 9.72. The molecule has 0 unspecified atom stereocenters. The number of nitrogens with zero attached hydrogens (tertiary/aromatic N) is 2. The minimum absolute atomic E-state index is 0.556. The Morgan fingerprint density at radius 3 is 2.55 bits per heavy atom. The maximum Gasteiger partial charge on any atom is 0.141 e. The molecule has 0 atom stereocenters. The second-order valence-electron chi connectivity index (χ2n) is 4.71. The van der Waals surface area contributed by atoms with E-state index >= 15 is 0 Å². The number of hydrogen-bond acceptors (Lipinski definition) is 2. The maximum absolute atomic E-state index is 6.05. The van der Waals surface area contributed by atoms with Crippen molar-refractivity contribution in [2.75, 3.05) is 0 Å². The average molecular weight is 286 g/mol. The van der Waals surface area contributed by atoms with Crippen LogP contribution >= 0.6 is 11.6 Å². The zero-order valence-corrected chi connectivity index (χ0v) is 12.1. The fourth-order valence-corrected chi connectivity index (χ4v) is 2.60. The van der Waals surface area contributed by atoms with Gasteiger partial charge in [-0.2, -0.15) is 0 Å². The van der Waals surface area contributed by atoms with Crippen LogP contribution in [0.1, 0.15) is 12.5 Å². The zero-order valence-electron chi connectivity index (χ0n) is 11.3. The van der Waals surface area contributed by atoms with Gasteiger partial charge in [-0.3, -0.25) is 0 Å². The molecule has 0 amide bonds. The summed E-state index contributed by atoms with van der Waals surface area (Å²) in [6.45, 7) is 3.54. The van der Waals surface area contributed by atoms with Crippen LogP contribution in [0.5, 0.6) is 0 Å². The maximum atomic E-state index is 6.05. The summed E-state index contributed by atoms with van der Waals surface area (Å²) in [5, 5.41) is 0.711. The molecule has 0 bridgehead atoms. The lowest BCUT2D eigenvalue weighted by atomic mass is 10.1. The number of aromatic nitrogens is 2. The molecular weight excluding hydrogens is 270 g/mol. The summed E-state index contributed by atoms with van der Waals surface area (Å²) in [5.74, 6) is 0.966. The molecule has 0 aliphatic rings. The molecule has 3 rings (SSSR count). The first kappa shape index (κ1) is 13.2. The molecule has 0 saturated carbocycles. The van der Waals surface area contributed by atoms with E-state index < -0.39 is 0 Å². The summed E-state index contributed by atoms with van der Waals surface area (Å²) < 4.78 is 2.20. The van der Waals surface area contributed by atoms with Gasteiger partial charge in [-0.15, -0.1) is 0 Å². The van der Waals surface area contributed by atoms with Gasteiger partial charge in [0.15, 0.2) is 0 Å². The Morgan fingerprint density at radius 1 is 1.15 bits per heavy atom. The van der Waals surface area contributed by atoms with Gasteiger partial charge in [-0.1, -0.05) is 35.9 Å². The van der Waals surface area contributed by atoms with E-state index in [1.165, 1.54) is 0 Å². The average Bonchev–Trinajstić information content (AvgIpc) is 2.84. The Hall–Kier alpha value is -1.84. The van der Waals surface area contributed by atoms with E-state index in [9.17, 15) is 0 Å². The van der Waals surface area contributed by atoms with Crippen LogP contribution in [-0.4, -0.2) is 9.55 Å². The zero-order chi connectivity index (χ0) is 14.1. The number of rotatable bonds is 3. The highest BCUT2D eigenvalue weighted by Crippen LogP contribution is 2.26. The van der Waals surface area contributed by atoms with E-state index in [1.54, 1.807) is 0 Å². The molecule has 0 spiro atoms. The SMILES string of the molecule is CCn1c(-c2ccc(CN)cc2)nc2cc(Cl)ccc21. The summed E-state index contributed by atoms with van der Waals surface area (Å²) >= 11 is 6.05. The van der Waals surface area contributed by atoms with Gasteiger partial charge in [0.05, 0.1) is 11.0 Å². The van der Waals surface area contributed by atoms with Crippen molar-refractivity contribution >= 4 is 22.6 Å². The molecule has 4 heteroatoms. The highest BCUT2D eigenvalue weighted by Gasteiger charge is 2.11. The molecule has 2 aromatic carbocycles. The number of imidazole rings is 1. The third-order valence-corrected chi connectivity index (χ3v) is 3.71. The van der Waals surface area contributed by atoms with Gasteiger partial charge in [0.2, 0.25) is 0 Å². The van der Waals surface area contributed by atoms with Crippen molar-refractivity contribution < 1.29 is 0 Å². The number of hydrogen-bond donors (Lipinski definition) is 1. The lowest BCUT2D eigenvalue weighted by molar-refractivity contribution is 0.796. The summed E-state index contributed by atoms with van der Waals surface area (Å²) in [6.07, 6.45) is 0. The topological polar surface area (TPSA) is 43.8 Å². The quantitative estimate of drug-likeness (QED) is 0.795. The van der Waals surface area contributed by atoms with Gasteiger partial charge in [0.1, 0.15) is 5.82 Å². The van der Waals surface area contributed by atoms with Crippen LogP contribution in [0.15, 0.2) is 42.5 Å². The van der Waals surface area contributed by atoms with Crippen molar-refractivity contribution in [3.05, 3.63) is 53.1 Å². The highest BCUT2D eigenvalue weighted by molar-refractivity contribution is 6.31. The second kappa shape index (κ2) is 5.27. The molecule has 0 radical (unpaired) electrons. The molecule has 3 aromatic rings. The first-order valence-corrected chi connectivity index (χ1v) is 7.06. The summed E-state index contributed by atoms with van der Waals surface area (Å²) in [4.78, 5) is 4.72. The minimum Gasteiger partial charge on any atom is -0.326 e. The fourth-order valence-electron chi connectivity index (χ4n) is 2.43. The van der Waals surface area contributed by atoms with Gasteiger partial charge in [0, 0.05) is 23.7 Å². The molecule has 1 heterocycles. The summed E-state index contributed by atoms with van der Waals surface area (Å²) in [5.41, 5.74) is 9.89. The molecule has 2 N–H and O–H groups in total. The van der Waals surface area contributed by atoms with E-state index in [0.29, 0.717) is 11.6 Å². The molecule has 102 valence electrons. The van der Waals surface area contributed by atoms with Gasteiger partial charge in [-0.25, -0.2) is 4.98 Å². The Bertz CT molecular complexity index is 744. The highest BCUT2D eigenvalue weighted by atomic mass is 35.5. The summed E-state index contributed by atoms with van der Waals surface area (Å²) in [7, 11) is 0. The van der Waals surface area contributed by atoms with Crippen LogP contribution < -0.4 is 5.73 Å². The van der Waals surface area contributed by atoms with E-state index in [1.807, 2.05) is 30.3 Å². The van der Waals surface area contributed by atoms with Crippen molar-refractivity contribution in [2.45, 2.75) is 20.0 Å². The van der Waals surface area contributed by atoms with Crippen molar-refractivity contribution in [3.63, 3.8) is 0 Å². The third kappa shape index (κ3) is 2.19. The third-order valence-electron chi connectivity index (χ3n) is 3.47. The largest absolute Gasteiger partial charge is 0.326 e. The molecule has 0 saturated heterocycles. The molecular formula is C16H16ClN3. The van der Waals surface area contributed by atoms with Crippen molar-refractivity contribution in [3.8, 4) is 11.4 Å². The molecule has 1 aromatic heterocycles. The number of fused-ring (bicyclic) bond motifs is 1. The normalized spacial score (nSPS) is 11.2. The van der Waals surface area contributed by atoms with Crippen molar-refractivity contribution in [1.29, 1.82) is 0 Å². The predicted octanol–water partition coefficient (Wildman–Crippen LogP) is 3.84. The van der Waals surface area contributed by atoms with Crippen LogP contribution in [0.4, 0.5) is 0 Å². The molecule has 3 nitrogen and oxygen atoms in total. The number of nitrogens with two attached hydrogens (primary N) is 1. The molecule has 0 aliphatic heterocycles. The molecule has 20 heavy (non-hydrogen) atoms. The lowest BCUT2D eigenvalue weighted by Gasteiger charge is -2.06. The van der Waals surface area contributed by atoms with Crippen LogP contribution in [0.25, 0.3) is 22.4 Å².